The molecule has 0 bridgehead atoms. The van der Waals surface area contributed by atoms with Crippen molar-refractivity contribution in [3.63, 3.8) is 0 Å². The first-order valence-electron chi connectivity index (χ1n) is 5.16. The first kappa shape index (κ1) is 10.5. The van der Waals surface area contributed by atoms with E-state index in [-0.39, 0.29) is 12.2 Å². The van der Waals surface area contributed by atoms with Crippen LogP contribution in [-0.2, 0) is 17.6 Å². The van der Waals surface area contributed by atoms with Crippen LogP contribution in [0.25, 0.3) is 10.9 Å². The first-order chi connectivity index (χ1) is 7.63. The number of fused-ring (bicyclic) bond motifs is 1. The fourth-order valence-electron chi connectivity index (χ4n) is 1.93. The van der Waals surface area contributed by atoms with E-state index in [0.29, 0.717) is 5.69 Å². The highest BCUT2D eigenvalue weighted by molar-refractivity contribution is 5.91. The molecular weight excluding hydrogens is 206 g/mol. The average Bonchev–Trinajstić information content (AvgIpc) is 2.55. The average molecular weight is 219 g/mol. The van der Waals surface area contributed by atoms with Crippen molar-refractivity contribution in [3.05, 3.63) is 29.5 Å². The molecule has 0 spiro atoms. The highest BCUT2D eigenvalue weighted by Crippen LogP contribution is 2.32. The fourth-order valence-corrected chi connectivity index (χ4v) is 1.93. The quantitative estimate of drug-likeness (QED) is 0.739. The van der Waals surface area contributed by atoms with Crippen LogP contribution in [0.15, 0.2) is 18.2 Å². The van der Waals surface area contributed by atoms with Gasteiger partial charge in [0.2, 0.25) is 0 Å². The van der Waals surface area contributed by atoms with Crippen molar-refractivity contribution in [1.82, 2.24) is 4.98 Å². The van der Waals surface area contributed by atoms with Gasteiger partial charge in [0.25, 0.3) is 0 Å². The molecule has 0 aliphatic heterocycles. The minimum Gasteiger partial charge on any atom is -0.505 e. The van der Waals surface area contributed by atoms with E-state index in [1.807, 2.05) is 25.1 Å². The van der Waals surface area contributed by atoms with Crippen LogP contribution >= 0.6 is 0 Å². The number of nitrogens with one attached hydrogen (secondary N) is 1. The SMILES string of the molecule is CCc1cccc2[nH]c(CC(=O)O)c(O)c12. The van der Waals surface area contributed by atoms with Crippen LogP contribution in [0, 0.1) is 0 Å². The summed E-state index contributed by atoms with van der Waals surface area (Å²) in [6, 6.07) is 5.65. The number of aromatic nitrogens is 1. The van der Waals surface area contributed by atoms with Crippen molar-refractivity contribution in [2.75, 3.05) is 0 Å². The molecule has 0 atom stereocenters. The maximum atomic E-state index is 10.6. The predicted octanol–water partition coefficient (Wildman–Crippen LogP) is 2.06. The molecule has 3 N–H and O–H groups in total. The second-order valence-corrected chi connectivity index (χ2v) is 3.72. The fraction of sp³-hybridized carbons (Fsp3) is 0.250. The number of rotatable bonds is 3. The zero-order valence-corrected chi connectivity index (χ0v) is 8.95. The summed E-state index contributed by atoms with van der Waals surface area (Å²) in [5, 5.41) is 19.4. The Balaban J connectivity index is 2.63. The number of aliphatic carboxylic acids is 1. The molecule has 2 rings (SSSR count). The number of benzene rings is 1. The van der Waals surface area contributed by atoms with Crippen LogP contribution in [0.2, 0.25) is 0 Å². The third kappa shape index (κ3) is 1.62. The zero-order chi connectivity index (χ0) is 11.7. The number of aromatic amines is 1. The van der Waals surface area contributed by atoms with Crippen molar-refractivity contribution in [2.24, 2.45) is 0 Å². The lowest BCUT2D eigenvalue weighted by molar-refractivity contribution is -0.136. The first-order valence-corrected chi connectivity index (χ1v) is 5.16. The summed E-state index contributed by atoms with van der Waals surface area (Å²) in [5.41, 5.74) is 2.17. The smallest absolute Gasteiger partial charge is 0.309 e. The molecule has 0 aliphatic carbocycles. The third-order valence-corrected chi connectivity index (χ3v) is 2.67. The Labute approximate surface area is 92.5 Å². The van der Waals surface area contributed by atoms with Crippen LogP contribution < -0.4 is 0 Å². The van der Waals surface area contributed by atoms with Gasteiger partial charge in [0.1, 0.15) is 5.75 Å². The molecule has 0 saturated heterocycles. The summed E-state index contributed by atoms with van der Waals surface area (Å²) in [6.07, 6.45) is 0.610. The second kappa shape index (κ2) is 3.89. The van der Waals surface area contributed by atoms with Gasteiger partial charge in [-0.15, -0.1) is 0 Å². The number of carboxylic acid groups (broad SMARTS) is 1. The number of H-pyrrole nitrogens is 1. The summed E-state index contributed by atoms with van der Waals surface area (Å²) in [4.78, 5) is 13.6. The lowest BCUT2D eigenvalue weighted by Crippen LogP contribution is -2.00. The van der Waals surface area contributed by atoms with Gasteiger partial charge in [-0.1, -0.05) is 19.1 Å². The van der Waals surface area contributed by atoms with Gasteiger partial charge >= 0.3 is 5.97 Å². The van der Waals surface area contributed by atoms with Gasteiger partial charge in [-0.25, -0.2) is 0 Å². The molecule has 4 nitrogen and oxygen atoms in total. The number of carbonyl (C=O) groups is 1. The molecule has 0 unspecified atom stereocenters. The second-order valence-electron chi connectivity index (χ2n) is 3.72. The van der Waals surface area contributed by atoms with E-state index in [1.165, 1.54) is 0 Å². The molecule has 4 heteroatoms. The standard InChI is InChI=1S/C12H13NO3/c1-2-7-4-3-5-8-11(7)12(16)9(13-8)6-10(14)15/h3-5,13,16H,2,6H2,1H3,(H,14,15). The van der Waals surface area contributed by atoms with Gasteiger partial charge in [-0.3, -0.25) is 4.79 Å². The van der Waals surface area contributed by atoms with Gasteiger partial charge < -0.3 is 15.2 Å². The molecule has 0 amide bonds. The molecule has 1 aromatic heterocycles. The van der Waals surface area contributed by atoms with E-state index in [4.69, 9.17) is 5.11 Å². The summed E-state index contributed by atoms with van der Waals surface area (Å²) in [6.45, 7) is 2.00. The molecule has 0 radical (unpaired) electrons. The summed E-state index contributed by atoms with van der Waals surface area (Å²) in [7, 11) is 0. The van der Waals surface area contributed by atoms with Gasteiger partial charge in [0.15, 0.2) is 0 Å². The number of aromatic hydroxyl groups is 1. The van der Waals surface area contributed by atoms with Crippen LogP contribution in [0.5, 0.6) is 5.75 Å². The molecule has 0 fully saturated rings. The van der Waals surface area contributed by atoms with E-state index in [1.54, 1.807) is 0 Å². The molecule has 1 aromatic carbocycles. The van der Waals surface area contributed by atoms with Crippen molar-refractivity contribution >= 4 is 16.9 Å². The number of hydrogen-bond donors (Lipinski definition) is 3. The Hall–Kier alpha value is -1.97. The van der Waals surface area contributed by atoms with Crippen molar-refractivity contribution in [1.29, 1.82) is 0 Å². The Morgan fingerprint density at radius 1 is 1.44 bits per heavy atom. The molecule has 0 aliphatic rings. The van der Waals surface area contributed by atoms with E-state index in [2.05, 4.69) is 4.98 Å². The number of aryl methyl sites for hydroxylation is 1. The van der Waals surface area contributed by atoms with E-state index < -0.39 is 5.97 Å². The topological polar surface area (TPSA) is 73.3 Å². The Kier molecular flexibility index (Phi) is 2.56. The Morgan fingerprint density at radius 3 is 2.81 bits per heavy atom. The molecule has 0 saturated carbocycles. The largest absolute Gasteiger partial charge is 0.505 e. The lowest BCUT2D eigenvalue weighted by atomic mass is 10.1. The highest BCUT2D eigenvalue weighted by Gasteiger charge is 2.14. The summed E-state index contributed by atoms with van der Waals surface area (Å²) < 4.78 is 0. The lowest BCUT2D eigenvalue weighted by Gasteiger charge is -1.99. The van der Waals surface area contributed by atoms with Crippen molar-refractivity contribution in [3.8, 4) is 5.75 Å². The van der Waals surface area contributed by atoms with Crippen molar-refractivity contribution < 1.29 is 15.0 Å². The third-order valence-electron chi connectivity index (χ3n) is 2.67. The maximum Gasteiger partial charge on any atom is 0.309 e. The van der Waals surface area contributed by atoms with Crippen LogP contribution in [0.3, 0.4) is 0 Å². The molecular formula is C12H13NO3. The highest BCUT2D eigenvalue weighted by atomic mass is 16.4. The van der Waals surface area contributed by atoms with Crippen LogP contribution in [0.4, 0.5) is 0 Å². The monoisotopic (exact) mass is 219 g/mol. The zero-order valence-electron chi connectivity index (χ0n) is 8.95. The minimum absolute atomic E-state index is 0.0647. The van der Waals surface area contributed by atoms with Gasteiger partial charge in [0.05, 0.1) is 12.1 Å². The minimum atomic E-state index is -0.958. The van der Waals surface area contributed by atoms with Gasteiger partial charge in [-0.05, 0) is 18.1 Å². The van der Waals surface area contributed by atoms with E-state index in [9.17, 15) is 9.90 Å². The number of hydrogen-bond acceptors (Lipinski definition) is 2. The van der Waals surface area contributed by atoms with Crippen LogP contribution in [-0.4, -0.2) is 21.2 Å². The van der Waals surface area contributed by atoms with Gasteiger partial charge in [0, 0.05) is 10.9 Å². The molecule has 16 heavy (non-hydrogen) atoms. The molecule has 2 aromatic rings. The number of carboxylic acids is 1. The van der Waals surface area contributed by atoms with E-state index >= 15 is 0 Å². The Morgan fingerprint density at radius 2 is 2.19 bits per heavy atom. The van der Waals surface area contributed by atoms with Crippen LogP contribution in [0.1, 0.15) is 18.2 Å². The predicted molar refractivity (Wildman–Crippen MR) is 60.7 cm³/mol. The summed E-state index contributed by atoms with van der Waals surface area (Å²) >= 11 is 0. The summed E-state index contributed by atoms with van der Waals surface area (Å²) in [5.74, 6) is -0.894. The normalized spacial score (nSPS) is 10.8. The van der Waals surface area contributed by atoms with E-state index in [0.717, 1.165) is 22.9 Å². The molecule has 1 heterocycles. The Bertz CT molecular complexity index is 542. The molecule has 84 valence electrons. The maximum absolute atomic E-state index is 10.6. The van der Waals surface area contributed by atoms with Gasteiger partial charge in [-0.2, -0.15) is 0 Å². The van der Waals surface area contributed by atoms with Crippen molar-refractivity contribution in [2.45, 2.75) is 19.8 Å².